The lowest BCUT2D eigenvalue weighted by Crippen LogP contribution is -2.68. The summed E-state index contributed by atoms with van der Waals surface area (Å²) >= 11 is 0. The molecule has 17 nitrogen and oxygen atoms in total. The van der Waals surface area contributed by atoms with Crippen LogP contribution in [0.15, 0.2) is 0 Å². The van der Waals surface area contributed by atoms with Gasteiger partial charge in [-0.3, -0.25) is 4.79 Å². The Morgan fingerprint density at radius 3 is 1.63 bits per heavy atom. The average Bonchev–Trinajstić information content (AvgIpc) is 2.94. The van der Waals surface area contributed by atoms with Crippen LogP contribution in [-0.4, -0.2) is 178 Å². The Kier molecular flexibility index (Phi) is 13.2. The molecule has 3 saturated heterocycles. The van der Waals surface area contributed by atoms with Crippen molar-refractivity contribution >= 4 is 14.0 Å². The van der Waals surface area contributed by atoms with E-state index in [1.165, 1.54) is 6.92 Å². The van der Waals surface area contributed by atoms with E-state index in [2.05, 4.69) is 25.0 Å². The van der Waals surface area contributed by atoms with Gasteiger partial charge < -0.3 is 79.7 Å². The van der Waals surface area contributed by atoms with Crippen molar-refractivity contribution in [2.75, 3.05) is 26.4 Å². The van der Waals surface area contributed by atoms with Crippen LogP contribution in [0.4, 0.5) is 0 Å². The lowest BCUT2D eigenvalue weighted by atomic mass is 9.95. The molecule has 1 amide bonds. The Hall–Kier alpha value is -0.913. The molecule has 0 aromatic heterocycles. The molecular weight excluding hydrogens is 598 g/mol. The first-order valence-electron chi connectivity index (χ1n) is 14.2. The third-order valence-corrected chi connectivity index (χ3v) is 9.31. The first kappa shape index (κ1) is 36.6. The molecule has 3 aliphatic heterocycles. The van der Waals surface area contributed by atoms with E-state index in [0.29, 0.717) is 0 Å². The maximum absolute atomic E-state index is 11.9. The molecule has 0 aromatic carbocycles. The second-order valence-corrected chi connectivity index (χ2v) is 17.9. The van der Waals surface area contributed by atoms with Gasteiger partial charge in [0.05, 0.1) is 19.8 Å². The molecule has 0 aliphatic carbocycles. The zero-order valence-electron chi connectivity index (χ0n) is 24.6. The molecule has 0 spiro atoms. The van der Waals surface area contributed by atoms with E-state index in [1.807, 2.05) is 0 Å². The molecule has 0 aromatic rings. The minimum atomic E-state index is -1.89. The lowest BCUT2D eigenvalue weighted by Gasteiger charge is -2.48. The van der Waals surface area contributed by atoms with Crippen LogP contribution in [0.5, 0.6) is 0 Å². The predicted octanol–water partition coefficient (Wildman–Crippen LogP) is -5.07. The standard InChI is InChI=1S/C25H47NO16Si/c1-10(30)26-14-16(32)21(12(8-28)39-23(14)37-5-6-43(2,3)4)41-25-20(36)18(34)22(13(9-29)40-25)42-24-19(35)17(33)15(31)11(7-27)38-24/h11-25,27-29,31-36H,5-9H2,1-4H3,(H,26,30)/t11-,12-,13-,14-,15+,16-,17+,18-,19-,20-,21+,22+,23+,24+,25+/m1/s1. The zero-order valence-corrected chi connectivity index (χ0v) is 25.6. The van der Waals surface area contributed by atoms with Gasteiger partial charge >= 0.3 is 0 Å². The van der Waals surface area contributed by atoms with E-state index in [1.54, 1.807) is 0 Å². The van der Waals surface area contributed by atoms with E-state index in [-0.39, 0.29) is 6.61 Å². The quantitative estimate of drug-likeness (QED) is 0.0890. The van der Waals surface area contributed by atoms with Crippen molar-refractivity contribution in [3.63, 3.8) is 0 Å². The van der Waals surface area contributed by atoms with Gasteiger partial charge in [0.2, 0.25) is 5.91 Å². The summed E-state index contributed by atoms with van der Waals surface area (Å²) in [6.45, 7) is 5.71. The van der Waals surface area contributed by atoms with Gasteiger partial charge in [-0.2, -0.15) is 0 Å². The van der Waals surface area contributed by atoms with Crippen LogP contribution in [0.3, 0.4) is 0 Å². The van der Waals surface area contributed by atoms with E-state index in [4.69, 9.17) is 28.4 Å². The molecule has 3 rings (SSSR count). The number of nitrogens with one attached hydrogen (secondary N) is 1. The fourth-order valence-corrected chi connectivity index (χ4v) is 5.80. The summed E-state index contributed by atoms with van der Waals surface area (Å²) in [5.74, 6) is -0.509. The molecule has 252 valence electrons. The summed E-state index contributed by atoms with van der Waals surface area (Å²) in [5.41, 5.74) is 0. The molecule has 18 heteroatoms. The molecule has 0 radical (unpaired) electrons. The summed E-state index contributed by atoms with van der Waals surface area (Å²) in [7, 11) is -1.50. The Bertz CT molecular complexity index is 879. The molecule has 0 unspecified atom stereocenters. The smallest absolute Gasteiger partial charge is 0.217 e. The summed E-state index contributed by atoms with van der Waals surface area (Å²) in [6, 6.07) is -0.387. The maximum Gasteiger partial charge on any atom is 0.217 e. The number of amides is 1. The first-order chi connectivity index (χ1) is 20.1. The van der Waals surface area contributed by atoms with Crippen LogP contribution in [0, 0.1) is 0 Å². The molecule has 0 saturated carbocycles. The van der Waals surface area contributed by atoms with Gasteiger partial charge in [0.25, 0.3) is 0 Å². The molecule has 43 heavy (non-hydrogen) atoms. The van der Waals surface area contributed by atoms with Crippen LogP contribution in [0.1, 0.15) is 6.92 Å². The zero-order chi connectivity index (χ0) is 32.2. The Balaban J connectivity index is 1.74. The van der Waals surface area contributed by atoms with E-state index in [0.717, 1.165) is 6.04 Å². The van der Waals surface area contributed by atoms with Gasteiger partial charge in [-0.1, -0.05) is 19.6 Å². The molecule has 0 bridgehead atoms. The van der Waals surface area contributed by atoms with Crippen LogP contribution in [0.2, 0.25) is 25.7 Å². The van der Waals surface area contributed by atoms with Crippen molar-refractivity contribution < 1.29 is 79.2 Å². The van der Waals surface area contributed by atoms with Gasteiger partial charge in [-0.25, -0.2) is 0 Å². The van der Waals surface area contributed by atoms with Crippen LogP contribution >= 0.6 is 0 Å². The van der Waals surface area contributed by atoms with Crippen molar-refractivity contribution in [1.29, 1.82) is 0 Å². The van der Waals surface area contributed by atoms with Crippen molar-refractivity contribution in [3.05, 3.63) is 0 Å². The van der Waals surface area contributed by atoms with Gasteiger partial charge in [0.1, 0.15) is 73.2 Å². The van der Waals surface area contributed by atoms with E-state index < -0.39 is 126 Å². The second kappa shape index (κ2) is 15.6. The number of aliphatic hydroxyl groups excluding tert-OH is 9. The highest BCUT2D eigenvalue weighted by atomic mass is 28.3. The Morgan fingerprint density at radius 2 is 1.14 bits per heavy atom. The summed E-state index contributed by atoms with van der Waals surface area (Å²) in [4.78, 5) is 11.9. The van der Waals surface area contributed by atoms with E-state index in [9.17, 15) is 50.8 Å². The number of carbonyl (C=O) groups is 1. The number of hydrogen-bond acceptors (Lipinski definition) is 16. The highest BCUT2D eigenvalue weighted by Gasteiger charge is 2.53. The number of carbonyl (C=O) groups excluding carboxylic acids is 1. The minimum absolute atomic E-state index is 0.275. The molecular formula is C25H47NO16Si. The predicted molar refractivity (Wildman–Crippen MR) is 145 cm³/mol. The van der Waals surface area contributed by atoms with Gasteiger partial charge in [0.15, 0.2) is 18.9 Å². The van der Waals surface area contributed by atoms with Crippen molar-refractivity contribution in [2.24, 2.45) is 0 Å². The number of ether oxygens (including phenoxy) is 6. The molecule has 3 heterocycles. The highest BCUT2D eigenvalue weighted by molar-refractivity contribution is 6.76. The van der Waals surface area contributed by atoms with E-state index >= 15 is 0 Å². The van der Waals surface area contributed by atoms with Crippen LogP contribution in [-0.2, 0) is 33.2 Å². The Labute approximate surface area is 249 Å². The van der Waals surface area contributed by atoms with Crippen LogP contribution < -0.4 is 5.32 Å². The SMILES string of the molecule is CC(=O)N[C@H]1[C@@H](OCC[Si](C)(C)C)O[C@H](CO)[C@H](O[C@@H]2O[C@H](CO)[C@H](O[C@@H]3O[C@H](CO)[C@H](O)[C@H](O)[C@H]3O)[C@H](O)[C@H]2O)[C@@H]1O. The fraction of sp³-hybridized carbons (Fsp3) is 0.960. The first-order valence-corrected chi connectivity index (χ1v) is 17.9. The number of rotatable bonds is 12. The van der Waals surface area contributed by atoms with Gasteiger partial charge in [-0.05, 0) is 6.04 Å². The van der Waals surface area contributed by atoms with Crippen molar-refractivity contribution in [3.8, 4) is 0 Å². The molecule has 3 aliphatic rings. The summed E-state index contributed by atoms with van der Waals surface area (Å²) in [6.07, 6.45) is -22.1. The normalized spacial score (nSPS) is 44.3. The van der Waals surface area contributed by atoms with Gasteiger partial charge in [-0.15, -0.1) is 0 Å². The highest BCUT2D eigenvalue weighted by Crippen LogP contribution is 2.32. The maximum atomic E-state index is 11.9. The van der Waals surface area contributed by atoms with Crippen molar-refractivity contribution in [2.45, 2.75) is 125 Å². The summed E-state index contributed by atoms with van der Waals surface area (Å²) in [5, 5.41) is 95.3. The molecule has 3 fully saturated rings. The Morgan fingerprint density at radius 1 is 0.674 bits per heavy atom. The average molecular weight is 646 g/mol. The third kappa shape index (κ3) is 8.88. The third-order valence-electron chi connectivity index (χ3n) is 7.61. The van der Waals surface area contributed by atoms with Gasteiger partial charge in [0, 0.05) is 21.6 Å². The number of aliphatic hydroxyl groups is 9. The lowest BCUT2D eigenvalue weighted by molar-refractivity contribution is -0.374. The minimum Gasteiger partial charge on any atom is -0.394 e. The number of hydrogen-bond donors (Lipinski definition) is 10. The molecule has 10 N–H and O–H groups in total. The monoisotopic (exact) mass is 645 g/mol. The fourth-order valence-electron chi connectivity index (χ4n) is 5.07. The second-order valence-electron chi connectivity index (χ2n) is 12.2. The summed E-state index contributed by atoms with van der Waals surface area (Å²) < 4.78 is 33.9. The topological polar surface area (TPSA) is 267 Å². The molecule has 15 atom stereocenters. The van der Waals surface area contributed by atoms with Crippen molar-refractivity contribution in [1.82, 2.24) is 5.32 Å². The van der Waals surface area contributed by atoms with Crippen LogP contribution in [0.25, 0.3) is 0 Å². The largest absolute Gasteiger partial charge is 0.394 e.